The molecule has 4 aromatic rings. The van der Waals surface area contributed by atoms with Gasteiger partial charge in [0.15, 0.2) is 5.65 Å². The van der Waals surface area contributed by atoms with Crippen molar-refractivity contribution in [3.63, 3.8) is 0 Å². The molecule has 4 rings (SSSR count). The molecule has 0 spiro atoms. The molecule has 0 aliphatic rings. The Kier molecular flexibility index (Phi) is 3.00. The van der Waals surface area contributed by atoms with E-state index >= 15 is 0 Å². The van der Waals surface area contributed by atoms with Crippen LogP contribution in [0.4, 0.5) is 16.4 Å². The molecule has 3 aromatic heterocycles. The quantitative estimate of drug-likeness (QED) is 0.603. The molecule has 0 atom stereocenters. The van der Waals surface area contributed by atoms with Crippen molar-refractivity contribution >= 4 is 23.1 Å². The van der Waals surface area contributed by atoms with Crippen molar-refractivity contribution in [1.82, 2.24) is 25.1 Å². The van der Waals surface area contributed by atoms with Gasteiger partial charge in [0.1, 0.15) is 5.82 Å². The molecule has 0 amide bonds. The van der Waals surface area contributed by atoms with Crippen molar-refractivity contribution in [3.8, 4) is 11.5 Å². The lowest BCUT2D eigenvalue weighted by atomic mass is 10.2. The molecule has 0 aliphatic carbocycles. The summed E-state index contributed by atoms with van der Waals surface area (Å²) in [4.78, 5) is 11.7. The number of benzene rings is 1. The van der Waals surface area contributed by atoms with Crippen LogP contribution in [0.25, 0.3) is 22.6 Å². The number of pyridine rings is 1. The van der Waals surface area contributed by atoms with Gasteiger partial charge in [-0.05, 0) is 43.3 Å². The zero-order valence-corrected chi connectivity index (χ0v) is 12.0. The van der Waals surface area contributed by atoms with Gasteiger partial charge in [-0.2, -0.15) is 4.98 Å². The van der Waals surface area contributed by atoms with Gasteiger partial charge >= 0.3 is 6.01 Å². The molecule has 0 saturated heterocycles. The molecule has 8 heteroatoms. The van der Waals surface area contributed by atoms with Crippen molar-refractivity contribution in [1.29, 1.82) is 0 Å². The number of rotatable bonds is 3. The van der Waals surface area contributed by atoms with E-state index in [9.17, 15) is 4.39 Å². The fourth-order valence-electron chi connectivity index (χ4n) is 2.13. The fraction of sp³-hybridized carbons (Fsp3) is 0.0667. The number of halogens is 1. The lowest BCUT2D eigenvalue weighted by molar-refractivity contribution is 0.586. The van der Waals surface area contributed by atoms with Crippen molar-refractivity contribution in [2.45, 2.75) is 6.92 Å². The number of aromatic amines is 1. The van der Waals surface area contributed by atoms with Gasteiger partial charge < -0.3 is 9.40 Å². The van der Waals surface area contributed by atoms with Crippen molar-refractivity contribution in [2.24, 2.45) is 0 Å². The second-order valence-corrected chi connectivity index (χ2v) is 4.95. The van der Waals surface area contributed by atoms with E-state index in [1.807, 2.05) is 19.1 Å². The number of aromatic nitrogens is 5. The van der Waals surface area contributed by atoms with E-state index < -0.39 is 0 Å². The zero-order chi connectivity index (χ0) is 15.8. The Morgan fingerprint density at radius 1 is 1.04 bits per heavy atom. The van der Waals surface area contributed by atoms with E-state index in [1.54, 1.807) is 12.1 Å². The zero-order valence-electron chi connectivity index (χ0n) is 12.0. The van der Waals surface area contributed by atoms with Crippen molar-refractivity contribution in [2.75, 3.05) is 5.32 Å². The first kappa shape index (κ1) is 13.4. The van der Waals surface area contributed by atoms with Gasteiger partial charge in [0.05, 0.1) is 5.52 Å². The smallest absolute Gasteiger partial charge is 0.322 e. The number of aryl methyl sites for hydroxylation is 1. The van der Waals surface area contributed by atoms with Gasteiger partial charge in [0.2, 0.25) is 11.8 Å². The van der Waals surface area contributed by atoms with Crippen LogP contribution in [-0.2, 0) is 0 Å². The SMILES string of the molecule is Cc1ccc2[nH]c(Nc3nnc(-c4ccc(F)cc4)o3)nc2n1. The van der Waals surface area contributed by atoms with E-state index in [1.165, 1.54) is 12.1 Å². The normalized spacial score (nSPS) is 11.0. The standard InChI is InChI=1S/C15H11FN6O/c1-8-2-7-11-12(17-8)19-14(18-11)20-15-22-21-13(23-15)9-3-5-10(16)6-4-9/h2-7H,1H3,(H2,17,18,19,20,22). The summed E-state index contributed by atoms with van der Waals surface area (Å²) in [6, 6.07) is 9.78. The Morgan fingerprint density at radius 2 is 1.87 bits per heavy atom. The molecule has 1 aromatic carbocycles. The minimum atomic E-state index is -0.323. The van der Waals surface area contributed by atoms with Gasteiger partial charge in [-0.15, -0.1) is 5.10 Å². The third kappa shape index (κ3) is 2.61. The summed E-state index contributed by atoms with van der Waals surface area (Å²) in [5.41, 5.74) is 2.92. The van der Waals surface area contributed by atoms with Crippen LogP contribution < -0.4 is 5.32 Å². The lowest BCUT2D eigenvalue weighted by Gasteiger charge is -1.95. The van der Waals surface area contributed by atoms with Gasteiger partial charge in [-0.25, -0.2) is 9.37 Å². The van der Waals surface area contributed by atoms with E-state index in [4.69, 9.17) is 4.42 Å². The Labute approximate surface area is 129 Å². The van der Waals surface area contributed by atoms with Crippen LogP contribution in [0.3, 0.4) is 0 Å². The second-order valence-electron chi connectivity index (χ2n) is 4.95. The average Bonchev–Trinajstić information content (AvgIpc) is 3.14. The van der Waals surface area contributed by atoms with Crippen molar-refractivity contribution < 1.29 is 8.81 Å². The molecule has 0 bridgehead atoms. The third-order valence-corrected chi connectivity index (χ3v) is 3.23. The van der Waals surface area contributed by atoms with E-state index in [0.717, 1.165) is 11.2 Å². The number of nitrogens with zero attached hydrogens (tertiary/aromatic N) is 4. The Morgan fingerprint density at radius 3 is 2.70 bits per heavy atom. The molecule has 0 unspecified atom stereocenters. The molecular weight excluding hydrogens is 299 g/mol. The molecule has 0 radical (unpaired) electrons. The molecule has 0 fully saturated rings. The second kappa shape index (κ2) is 5.16. The molecule has 23 heavy (non-hydrogen) atoms. The summed E-state index contributed by atoms with van der Waals surface area (Å²) in [7, 11) is 0. The predicted octanol–water partition coefficient (Wildman–Crippen LogP) is 3.20. The molecule has 114 valence electrons. The van der Waals surface area contributed by atoms with Crippen LogP contribution in [0.2, 0.25) is 0 Å². The van der Waals surface area contributed by atoms with Gasteiger partial charge in [0.25, 0.3) is 0 Å². The van der Waals surface area contributed by atoms with Crippen LogP contribution in [0.1, 0.15) is 5.69 Å². The number of imidazole rings is 1. The van der Waals surface area contributed by atoms with Crippen LogP contribution in [0.5, 0.6) is 0 Å². The Hall–Kier alpha value is -3.29. The third-order valence-electron chi connectivity index (χ3n) is 3.23. The van der Waals surface area contributed by atoms with E-state index in [0.29, 0.717) is 17.2 Å². The summed E-state index contributed by atoms with van der Waals surface area (Å²) >= 11 is 0. The summed E-state index contributed by atoms with van der Waals surface area (Å²) in [5, 5.41) is 10.7. The number of anilines is 2. The van der Waals surface area contributed by atoms with Gasteiger partial charge in [-0.3, -0.25) is 5.32 Å². The summed E-state index contributed by atoms with van der Waals surface area (Å²) < 4.78 is 18.4. The molecule has 2 N–H and O–H groups in total. The summed E-state index contributed by atoms with van der Waals surface area (Å²) in [6.07, 6.45) is 0. The topological polar surface area (TPSA) is 92.5 Å². The molecule has 3 heterocycles. The molecular formula is C15H11FN6O. The average molecular weight is 310 g/mol. The lowest BCUT2D eigenvalue weighted by Crippen LogP contribution is -1.92. The maximum absolute atomic E-state index is 12.9. The fourth-order valence-corrected chi connectivity index (χ4v) is 2.13. The number of nitrogens with one attached hydrogen (secondary N) is 2. The van der Waals surface area contributed by atoms with Crippen molar-refractivity contribution in [3.05, 3.63) is 47.9 Å². The maximum atomic E-state index is 12.9. The Bertz CT molecular complexity index is 975. The molecule has 0 saturated carbocycles. The van der Waals surface area contributed by atoms with Crippen LogP contribution >= 0.6 is 0 Å². The number of H-pyrrole nitrogens is 1. The summed E-state index contributed by atoms with van der Waals surface area (Å²) in [6.45, 7) is 1.90. The highest BCUT2D eigenvalue weighted by Gasteiger charge is 2.11. The van der Waals surface area contributed by atoms with Gasteiger partial charge in [0, 0.05) is 11.3 Å². The number of fused-ring (bicyclic) bond motifs is 1. The highest BCUT2D eigenvalue weighted by Crippen LogP contribution is 2.22. The Balaban J connectivity index is 1.60. The maximum Gasteiger partial charge on any atom is 0.322 e. The number of hydrogen-bond acceptors (Lipinski definition) is 6. The first-order valence-corrected chi connectivity index (χ1v) is 6.87. The largest absolute Gasteiger partial charge is 0.403 e. The predicted molar refractivity (Wildman–Crippen MR) is 81.6 cm³/mol. The van der Waals surface area contributed by atoms with Crippen LogP contribution in [0.15, 0.2) is 40.8 Å². The monoisotopic (exact) mass is 310 g/mol. The van der Waals surface area contributed by atoms with E-state index in [2.05, 4.69) is 30.5 Å². The minimum absolute atomic E-state index is 0.181. The minimum Gasteiger partial charge on any atom is -0.403 e. The number of hydrogen-bond donors (Lipinski definition) is 2. The molecule has 0 aliphatic heterocycles. The highest BCUT2D eigenvalue weighted by molar-refractivity contribution is 5.74. The summed E-state index contributed by atoms with van der Waals surface area (Å²) in [5.74, 6) is 0.418. The van der Waals surface area contributed by atoms with Crippen LogP contribution in [-0.4, -0.2) is 25.1 Å². The van der Waals surface area contributed by atoms with E-state index in [-0.39, 0.29) is 17.7 Å². The molecule has 7 nitrogen and oxygen atoms in total. The first-order chi connectivity index (χ1) is 11.2. The van der Waals surface area contributed by atoms with Crippen LogP contribution in [0, 0.1) is 12.7 Å². The highest BCUT2D eigenvalue weighted by atomic mass is 19.1. The first-order valence-electron chi connectivity index (χ1n) is 6.87. The van der Waals surface area contributed by atoms with Gasteiger partial charge in [-0.1, -0.05) is 5.10 Å².